The van der Waals surface area contributed by atoms with E-state index in [0.29, 0.717) is 29.1 Å². The number of hydrogen-bond donors (Lipinski definition) is 0. The van der Waals surface area contributed by atoms with Crippen molar-refractivity contribution in [3.63, 3.8) is 0 Å². The number of carbonyl (C=O) groups excluding carboxylic acids is 1. The molecule has 2 aliphatic carbocycles. The van der Waals surface area contributed by atoms with Gasteiger partial charge in [0.1, 0.15) is 0 Å². The number of fused-ring (bicyclic) bond motifs is 1. The molecule has 3 nitrogen and oxygen atoms in total. The summed E-state index contributed by atoms with van der Waals surface area (Å²) in [6, 6.07) is 0. The molecule has 3 heteroatoms. The summed E-state index contributed by atoms with van der Waals surface area (Å²) in [7, 11) is 3.37. The summed E-state index contributed by atoms with van der Waals surface area (Å²) in [5.41, 5.74) is 0.733. The first-order valence-corrected chi connectivity index (χ1v) is 10.2. The van der Waals surface area contributed by atoms with Crippen molar-refractivity contribution in [3.05, 3.63) is 0 Å². The fourth-order valence-corrected chi connectivity index (χ4v) is 6.41. The third-order valence-electron chi connectivity index (χ3n) is 7.90. The molecular formula is C22H40O3. The first-order valence-electron chi connectivity index (χ1n) is 10.2. The minimum Gasteiger partial charge on any atom is -0.469 e. The van der Waals surface area contributed by atoms with Crippen LogP contribution in [0.3, 0.4) is 0 Å². The molecule has 5 unspecified atom stereocenters. The molecule has 2 saturated carbocycles. The van der Waals surface area contributed by atoms with Gasteiger partial charge in [-0.25, -0.2) is 0 Å². The predicted octanol–water partition coefficient (Wildman–Crippen LogP) is 5.61. The van der Waals surface area contributed by atoms with Gasteiger partial charge in [0.2, 0.25) is 0 Å². The first-order chi connectivity index (χ1) is 11.6. The molecule has 0 radical (unpaired) electrons. The summed E-state index contributed by atoms with van der Waals surface area (Å²) in [6.45, 7) is 12.0. The van der Waals surface area contributed by atoms with Crippen LogP contribution in [0.4, 0.5) is 0 Å². The SMILES string of the molecule is COC(=O)CC(C)CCC1C(C)(OC)CCC2C(C)(C)CCCC21C. The summed E-state index contributed by atoms with van der Waals surface area (Å²) in [5.74, 6) is 1.61. The van der Waals surface area contributed by atoms with Gasteiger partial charge in [-0.1, -0.05) is 34.1 Å². The molecule has 2 fully saturated rings. The minimum absolute atomic E-state index is 0.0380. The van der Waals surface area contributed by atoms with Crippen LogP contribution in [0.2, 0.25) is 0 Å². The summed E-state index contributed by atoms with van der Waals surface area (Å²) < 4.78 is 11.0. The molecule has 146 valence electrons. The van der Waals surface area contributed by atoms with Gasteiger partial charge in [0.15, 0.2) is 0 Å². The molecule has 0 aliphatic heterocycles. The number of hydrogen-bond acceptors (Lipinski definition) is 3. The normalized spacial score (nSPS) is 38.7. The molecule has 0 spiro atoms. The van der Waals surface area contributed by atoms with Gasteiger partial charge in [0, 0.05) is 13.5 Å². The molecule has 5 atom stereocenters. The highest BCUT2D eigenvalue weighted by molar-refractivity contribution is 5.69. The Morgan fingerprint density at radius 1 is 1.12 bits per heavy atom. The lowest BCUT2D eigenvalue weighted by molar-refractivity contribution is -0.183. The molecule has 0 amide bonds. The average Bonchev–Trinajstić information content (AvgIpc) is 2.53. The van der Waals surface area contributed by atoms with E-state index in [4.69, 9.17) is 9.47 Å². The minimum atomic E-state index is -0.0893. The largest absolute Gasteiger partial charge is 0.469 e. The molecule has 0 saturated heterocycles. The van der Waals surface area contributed by atoms with Gasteiger partial charge < -0.3 is 9.47 Å². The zero-order chi connectivity index (χ0) is 18.9. The quantitative estimate of drug-likeness (QED) is 0.583. The predicted molar refractivity (Wildman–Crippen MR) is 102 cm³/mol. The van der Waals surface area contributed by atoms with Crippen LogP contribution in [-0.4, -0.2) is 25.8 Å². The Hall–Kier alpha value is -0.570. The van der Waals surface area contributed by atoms with E-state index in [0.717, 1.165) is 25.2 Å². The van der Waals surface area contributed by atoms with E-state index in [2.05, 4.69) is 34.6 Å². The van der Waals surface area contributed by atoms with Gasteiger partial charge in [-0.15, -0.1) is 0 Å². The zero-order valence-electron chi connectivity index (χ0n) is 17.6. The molecule has 0 aromatic heterocycles. The lowest BCUT2D eigenvalue weighted by atomic mass is 9.45. The van der Waals surface area contributed by atoms with Crippen molar-refractivity contribution < 1.29 is 14.3 Å². The molecule has 0 aromatic rings. The molecule has 0 heterocycles. The van der Waals surface area contributed by atoms with Gasteiger partial charge in [-0.05, 0) is 74.0 Å². The van der Waals surface area contributed by atoms with Crippen LogP contribution < -0.4 is 0 Å². The molecular weight excluding hydrogens is 312 g/mol. The van der Waals surface area contributed by atoms with Crippen LogP contribution in [0.15, 0.2) is 0 Å². The van der Waals surface area contributed by atoms with Crippen molar-refractivity contribution in [1.29, 1.82) is 0 Å². The molecule has 2 rings (SSSR count). The van der Waals surface area contributed by atoms with Gasteiger partial charge in [-0.3, -0.25) is 4.79 Å². The van der Waals surface area contributed by atoms with Crippen LogP contribution in [0, 0.1) is 28.6 Å². The van der Waals surface area contributed by atoms with E-state index in [9.17, 15) is 4.79 Å². The van der Waals surface area contributed by atoms with E-state index < -0.39 is 0 Å². The van der Waals surface area contributed by atoms with E-state index >= 15 is 0 Å². The van der Waals surface area contributed by atoms with Crippen LogP contribution in [0.1, 0.15) is 86.0 Å². The molecule has 0 N–H and O–H groups in total. The van der Waals surface area contributed by atoms with E-state index in [-0.39, 0.29) is 11.6 Å². The van der Waals surface area contributed by atoms with Gasteiger partial charge in [0.05, 0.1) is 12.7 Å². The lowest BCUT2D eigenvalue weighted by Crippen LogP contribution is -2.58. The highest BCUT2D eigenvalue weighted by atomic mass is 16.5. The second-order valence-electron chi connectivity index (χ2n) is 9.97. The van der Waals surface area contributed by atoms with Crippen LogP contribution >= 0.6 is 0 Å². The van der Waals surface area contributed by atoms with Crippen LogP contribution in [0.5, 0.6) is 0 Å². The van der Waals surface area contributed by atoms with Crippen molar-refractivity contribution in [2.24, 2.45) is 28.6 Å². The van der Waals surface area contributed by atoms with Crippen molar-refractivity contribution >= 4 is 5.97 Å². The summed E-state index contributed by atoms with van der Waals surface area (Å²) in [4.78, 5) is 11.6. The Kier molecular flexibility index (Phi) is 6.29. The Bertz CT molecular complexity index is 472. The number of methoxy groups -OCH3 is 2. The van der Waals surface area contributed by atoms with Gasteiger partial charge in [0.25, 0.3) is 0 Å². The van der Waals surface area contributed by atoms with Gasteiger partial charge in [-0.2, -0.15) is 0 Å². The summed E-state index contributed by atoms with van der Waals surface area (Å²) in [5, 5.41) is 0. The fraction of sp³-hybridized carbons (Fsp3) is 0.955. The maximum absolute atomic E-state index is 11.6. The van der Waals surface area contributed by atoms with Crippen molar-refractivity contribution in [1.82, 2.24) is 0 Å². The fourth-order valence-electron chi connectivity index (χ4n) is 6.41. The van der Waals surface area contributed by atoms with E-state index in [1.165, 1.54) is 32.8 Å². The van der Waals surface area contributed by atoms with E-state index in [1.807, 2.05) is 7.11 Å². The third-order valence-corrected chi connectivity index (χ3v) is 7.90. The highest BCUT2D eigenvalue weighted by Crippen LogP contribution is 2.63. The van der Waals surface area contributed by atoms with E-state index in [1.54, 1.807) is 0 Å². The number of ether oxygens (including phenoxy) is 2. The topological polar surface area (TPSA) is 35.5 Å². The smallest absolute Gasteiger partial charge is 0.305 e. The standard InChI is InChI=1S/C22H40O3/c1-16(15-19(23)24-6)9-10-18-21(4)13-8-12-20(2,3)17(21)11-14-22(18,5)25-7/h16-18H,8-15H2,1-7H3. The summed E-state index contributed by atoms with van der Waals surface area (Å²) >= 11 is 0. The second kappa shape index (κ2) is 7.58. The molecule has 25 heavy (non-hydrogen) atoms. The summed E-state index contributed by atoms with van der Waals surface area (Å²) in [6.07, 6.45) is 9.17. The highest BCUT2D eigenvalue weighted by Gasteiger charge is 2.58. The Morgan fingerprint density at radius 3 is 2.40 bits per heavy atom. The number of carbonyl (C=O) groups is 1. The first kappa shape index (κ1) is 20.7. The molecule has 0 aromatic carbocycles. The lowest BCUT2D eigenvalue weighted by Gasteiger charge is -2.62. The monoisotopic (exact) mass is 352 g/mol. The Morgan fingerprint density at radius 2 is 1.80 bits per heavy atom. The van der Waals surface area contributed by atoms with Crippen molar-refractivity contribution in [2.75, 3.05) is 14.2 Å². The number of esters is 1. The average molecular weight is 353 g/mol. The third kappa shape index (κ3) is 4.07. The van der Waals surface area contributed by atoms with Gasteiger partial charge >= 0.3 is 5.97 Å². The molecule has 0 bridgehead atoms. The second-order valence-corrected chi connectivity index (χ2v) is 9.97. The Labute approximate surface area is 155 Å². The number of rotatable bonds is 6. The molecule has 2 aliphatic rings. The van der Waals surface area contributed by atoms with Crippen LogP contribution in [-0.2, 0) is 14.3 Å². The maximum Gasteiger partial charge on any atom is 0.305 e. The van der Waals surface area contributed by atoms with Crippen LogP contribution in [0.25, 0.3) is 0 Å². The Balaban J connectivity index is 2.18. The van der Waals surface area contributed by atoms with Crippen molar-refractivity contribution in [3.8, 4) is 0 Å². The maximum atomic E-state index is 11.6. The zero-order valence-corrected chi connectivity index (χ0v) is 17.6. The van der Waals surface area contributed by atoms with Crippen molar-refractivity contribution in [2.45, 2.75) is 91.6 Å².